The van der Waals surface area contributed by atoms with Crippen molar-refractivity contribution in [2.45, 2.75) is 58.5 Å². The predicted molar refractivity (Wildman–Crippen MR) is 89.8 cm³/mol. The number of urea groups is 1. The number of likely N-dealkylation sites (tertiary alicyclic amines) is 1. The van der Waals surface area contributed by atoms with Crippen LogP contribution in [0.5, 0.6) is 0 Å². The highest BCUT2D eigenvalue weighted by Gasteiger charge is 2.20. The number of hydrogen-bond donors (Lipinski definition) is 2. The van der Waals surface area contributed by atoms with Crippen molar-refractivity contribution in [1.82, 2.24) is 25.2 Å². The van der Waals surface area contributed by atoms with Crippen LogP contribution in [0, 0.1) is 5.92 Å². The first kappa shape index (κ1) is 17.7. The third kappa shape index (κ3) is 6.56. The Hall–Kier alpha value is -1.63. The van der Waals surface area contributed by atoms with Crippen molar-refractivity contribution < 1.29 is 4.79 Å². The van der Waals surface area contributed by atoms with E-state index in [9.17, 15) is 4.79 Å². The second-order valence-corrected chi connectivity index (χ2v) is 6.52. The van der Waals surface area contributed by atoms with E-state index in [1.54, 1.807) is 0 Å². The SMILES string of the molecule is CCCCCCN1CCC[C@H](Cn2cc(CNC(N)=O)nn2)C1. The van der Waals surface area contributed by atoms with Crippen molar-refractivity contribution in [3.8, 4) is 0 Å². The Morgan fingerprint density at radius 2 is 2.30 bits per heavy atom. The van der Waals surface area contributed by atoms with Gasteiger partial charge in [0.05, 0.1) is 12.7 Å². The van der Waals surface area contributed by atoms with Gasteiger partial charge in [0, 0.05) is 13.1 Å². The number of carbonyl (C=O) groups is 1. The van der Waals surface area contributed by atoms with Gasteiger partial charge in [-0.3, -0.25) is 4.68 Å². The molecule has 0 saturated carbocycles. The Bertz CT molecular complexity index is 475. The zero-order valence-corrected chi connectivity index (χ0v) is 14.2. The van der Waals surface area contributed by atoms with Gasteiger partial charge in [0.1, 0.15) is 5.69 Å². The van der Waals surface area contributed by atoms with Crippen LogP contribution >= 0.6 is 0 Å². The van der Waals surface area contributed by atoms with Crippen molar-refractivity contribution in [3.05, 3.63) is 11.9 Å². The molecule has 23 heavy (non-hydrogen) atoms. The largest absolute Gasteiger partial charge is 0.352 e. The minimum absolute atomic E-state index is 0.337. The van der Waals surface area contributed by atoms with E-state index >= 15 is 0 Å². The number of nitrogens with one attached hydrogen (secondary N) is 1. The van der Waals surface area contributed by atoms with Crippen LogP contribution in [0.2, 0.25) is 0 Å². The molecule has 0 aliphatic carbocycles. The quantitative estimate of drug-likeness (QED) is 0.678. The number of aromatic nitrogens is 3. The summed E-state index contributed by atoms with van der Waals surface area (Å²) in [6.45, 7) is 7.09. The molecule has 130 valence electrons. The summed E-state index contributed by atoms with van der Waals surface area (Å²) in [6.07, 6.45) is 9.71. The molecule has 2 heterocycles. The number of rotatable bonds is 9. The zero-order chi connectivity index (χ0) is 16.5. The predicted octanol–water partition coefficient (Wildman–Crippen LogP) is 1.74. The second kappa shape index (κ2) is 9.50. The molecule has 1 aliphatic heterocycles. The Kier molecular flexibility index (Phi) is 7.32. The van der Waals surface area contributed by atoms with Gasteiger partial charge >= 0.3 is 6.03 Å². The molecule has 1 aliphatic rings. The summed E-state index contributed by atoms with van der Waals surface area (Å²) < 4.78 is 1.89. The second-order valence-electron chi connectivity index (χ2n) is 6.52. The van der Waals surface area contributed by atoms with Crippen LogP contribution in [-0.4, -0.2) is 45.6 Å². The van der Waals surface area contributed by atoms with Crippen molar-refractivity contribution in [2.75, 3.05) is 19.6 Å². The maximum Gasteiger partial charge on any atom is 0.312 e. The molecule has 1 aromatic heterocycles. The van der Waals surface area contributed by atoms with E-state index in [1.165, 1.54) is 51.6 Å². The normalized spacial score (nSPS) is 18.9. The minimum atomic E-state index is -0.537. The standard InChI is InChI=1S/C16H30N6O/c1-2-3-4-5-8-21-9-6-7-14(11-21)12-22-13-15(19-20-22)10-18-16(17)23/h13-14H,2-12H2,1H3,(H3,17,18,23)/t14-/m0/s1. The molecule has 0 radical (unpaired) electrons. The highest BCUT2D eigenvalue weighted by Crippen LogP contribution is 2.18. The van der Waals surface area contributed by atoms with Crippen LogP contribution in [0.15, 0.2) is 6.20 Å². The fourth-order valence-corrected chi connectivity index (χ4v) is 3.22. The lowest BCUT2D eigenvalue weighted by Gasteiger charge is -2.32. The molecule has 0 bridgehead atoms. The summed E-state index contributed by atoms with van der Waals surface area (Å²) in [5.41, 5.74) is 5.81. The van der Waals surface area contributed by atoms with Crippen LogP contribution in [0.4, 0.5) is 4.79 Å². The third-order valence-corrected chi connectivity index (χ3v) is 4.41. The molecule has 1 atom stereocenters. The summed E-state index contributed by atoms with van der Waals surface area (Å²) >= 11 is 0. The van der Waals surface area contributed by atoms with Crippen LogP contribution in [-0.2, 0) is 13.1 Å². The van der Waals surface area contributed by atoms with Crippen LogP contribution in [0.25, 0.3) is 0 Å². The number of hydrogen-bond acceptors (Lipinski definition) is 4. The van der Waals surface area contributed by atoms with Gasteiger partial charge in [-0.25, -0.2) is 4.79 Å². The van der Waals surface area contributed by atoms with Gasteiger partial charge in [0.15, 0.2) is 0 Å². The van der Waals surface area contributed by atoms with Crippen molar-refractivity contribution >= 4 is 6.03 Å². The monoisotopic (exact) mass is 322 g/mol. The molecule has 0 aromatic carbocycles. The van der Waals surface area contributed by atoms with Gasteiger partial charge in [-0.1, -0.05) is 31.4 Å². The van der Waals surface area contributed by atoms with Crippen LogP contribution < -0.4 is 11.1 Å². The summed E-state index contributed by atoms with van der Waals surface area (Å²) in [6, 6.07) is -0.537. The molecular formula is C16H30N6O. The fraction of sp³-hybridized carbons (Fsp3) is 0.812. The van der Waals surface area contributed by atoms with E-state index in [1.807, 2.05) is 10.9 Å². The van der Waals surface area contributed by atoms with Gasteiger partial charge in [-0.15, -0.1) is 5.10 Å². The van der Waals surface area contributed by atoms with Gasteiger partial charge in [0.2, 0.25) is 0 Å². The Labute approximate surface area is 138 Å². The first-order valence-electron chi connectivity index (χ1n) is 8.82. The van der Waals surface area contributed by atoms with Crippen molar-refractivity contribution in [3.63, 3.8) is 0 Å². The van der Waals surface area contributed by atoms with Gasteiger partial charge in [-0.2, -0.15) is 0 Å². The highest BCUT2D eigenvalue weighted by molar-refractivity contribution is 5.71. The van der Waals surface area contributed by atoms with Crippen LogP contribution in [0.3, 0.4) is 0 Å². The lowest BCUT2D eigenvalue weighted by molar-refractivity contribution is 0.157. The van der Waals surface area contributed by atoms with E-state index in [4.69, 9.17) is 5.73 Å². The van der Waals surface area contributed by atoms with E-state index in [-0.39, 0.29) is 0 Å². The van der Waals surface area contributed by atoms with Gasteiger partial charge < -0.3 is 16.0 Å². The average Bonchev–Trinajstić information content (AvgIpc) is 2.97. The number of unbranched alkanes of at least 4 members (excludes halogenated alkanes) is 3. The molecule has 2 amide bonds. The molecule has 7 heteroatoms. The number of carbonyl (C=O) groups excluding carboxylic acids is 1. The maximum atomic E-state index is 10.7. The first-order valence-corrected chi connectivity index (χ1v) is 8.82. The summed E-state index contributed by atoms with van der Waals surface area (Å²) in [5, 5.41) is 10.8. The van der Waals surface area contributed by atoms with E-state index < -0.39 is 6.03 Å². The molecule has 0 spiro atoms. The van der Waals surface area contributed by atoms with E-state index in [2.05, 4.69) is 27.5 Å². The molecule has 1 saturated heterocycles. The Balaban J connectivity index is 1.73. The lowest BCUT2D eigenvalue weighted by Crippen LogP contribution is -2.37. The number of amides is 2. The number of primary amides is 1. The first-order chi connectivity index (χ1) is 11.2. The summed E-state index contributed by atoms with van der Waals surface area (Å²) in [4.78, 5) is 13.3. The number of nitrogens with two attached hydrogens (primary N) is 1. The number of nitrogens with zero attached hydrogens (tertiary/aromatic N) is 4. The van der Waals surface area contributed by atoms with Gasteiger partial charge in [-0.05, 0) is 38.3 Å². The van der Waals surface area contributed by atoms with Crippen LogP contribution in [0.1, 0.15) is 51.1 Å². The topological polar surface area (TPSA) is 89.1 Å². The average molecular weight is 322 g/mol. The summed E-state index contributed by atoms with van der Waals surface area (Å²) in [5.74, 6) is 0.633. The Morgan fingerprint density at radius 3 is 3.09 bits per heavy atom. The lowest BCUT2D eigenvalue weighted by atomic mass is 9.97. The summed E-state index contributed by atoms with van der Waals surface area (Å²) in [7, 11) is 0. The maximum absolute atomic E-state index is 10.7. The molecule has 0 unspecified atom stereocenters. The molecular weight excluding hydrogens is 292 g/mol. The molecule has 1 aromatic rings. The molecule has 1 fully saturated rings. The van der Waals surface area contributed by atoms with E-state index in [0.717, 1.165) is 18.8 Å². The van der Waals surface area contributed by atoms with Gasteiger partial charge in [0.25, 0.3) is 0 Å². The minimum Gasteiger partial charge on any atom is -0.352 e. The fourth-order valence-electron chi connectivity index (χ4n) is 3.22. The Morgan fingerprint density at radius 1 is 1.43 bits per heavy atom. The third-order valence-electron chi connectivity index (χ3n) is 4.41. The van der Waals surface area contributed by atoms with E-state index in [0.29, 0.717) is 12.5 Å². The highest BCUT2D eigenvalue weighted by atomic mass is 16.2. The number of piperidine rings is 1. The molecule has 7 nitrogen and oxygen atoms in total. The van der Waals surface area contributed by atoms with Crippen molar-refractivity contribution in [2.24, 2.45) is 11.7 Å². The molecule has 3 N–H and O–H groups in total. The smallest absolute Gasteiger partial charge is 0.312 e. The van der Waals surface area contributed by atoms with Crippen molar-refractivity contribution in [1.29, 1.82) is 0 Å². The zero-order valence-electron chi connectivity index (χ0n) is 14.2. The molecule has 2 rings (SSSR count).